The third kappa shape index (κ3) is 3.97. The normalized spacial score (nSPS) is 14.6. The summed E-state index contributed by atoms with van der Waals surface area (Å²) in [6.45, 7) is 1.30. The Bertz CT molecular complexity index is 1010. The molecule has 1 saturated heterocycles. The van der Waals surface area contributed by atoms with Gasteiger partial charge in [0, 0.05) is 43.1 Å². The molecule has 150 valence electrons. The zero-order chi connectivity index (χ0) is 20.2. The molecule has 2 heterocycles. The largest absolute Gasteiger partial charge is 0.493 e. The fraction of sp³-hybridized carbons (Fsp3) is 0.304. The number of fused-ring (bicyclic) bond motifs is 1. The summed E-state index contributed by atoms with van der Waals surface area (Å²) < 4.78 is 16.8. The van der Waals surface area contributed by atoms with Crippen LogP contribution in [-0.4, -0.2) is 49.2 Å². The number of benzene rings is 2. The number of carbonyl (C=O) groups is 1. The van der Waals surface area contributed by atoms with Gasteiger partial charge >= 0.3 is 0 Å². The van der Waals surface area contributed by atoms with Gasteiger partial charge in [0.15, 0.2) is 11.5 Å². The van der Waals surface area contributed by atoms with Crippen LogP contribution < -0.4 is 14.2 Å². The minimum Gasteiger partial charge on any atom is -0.493 e. The van der Waals surface area contributed by atoms with Crippen LogP contribution in [0.3, 0.4) is 0 Å². The van der Waals surface area contributed by atoms with Crippen molar-refractivity contribution in [2.45, 2.75) is 18.9 Å². The predicted octanol–water partition coefficient (Wildman–Crippen LogP) is 3.94. The topological polar surface area (TPSA) is 60.9 Å². The van der Waals surface area contributed by atoms with Crippen molar-refractivity contribution in [2.75, 3.05) is 27.3 Å². The predicted molar refractivity (Wildman–Crippen MR) is 111 cm³/mol. The van der Waals surface area contributed by atoms with Crippen LogP contribution in [0.2, 0.25) is 0 Å². The lowest BCUT2D eigenvalue weighted by Crippen LogP contribution is -2.41. The van der Waals surface area contributed by atoms with Crippen LogP contribution in [-0.2, 0) is 0 Å². The average molecular weight is 392 g/mol. The molecule has 29 heavy (non-hydrogen) atoms. The van der Waals surface area contributed by atoms with Gasteiger partial charge in [-0.25, -0.2) is 0 Å². The van der Waals surface area contributed by atoms with Gasteiger partial charge in [-0.1, -0.05) is 18.2 Å². The van der Waals surface area contributed by atoms with Gasteiger partial charge in [-0.2, -0.15) is 0 Å². The van der Waals surface area contributed by atoms with E-state index in [1.807, 2.05) is 35.2 Å². The second-order valence-electron chi connectivity index (χ2n) is 7.01. The van der Waals surface area contributed by atoms with Gasteiger partial charge < -0.3 is 19.1 Å². The molecule has 2 aromatic carbocycles. The summed E-state index contributed by atoms with van der Waals surface area (Å²) in [4.78, 5) is 19.2. The van der Waals surface area contributed by atoms with Crippen LogP contribution in [0.4, 0.5) is 0 Å². The molecule has 1 aromatic heterocycles. The first-order valence-electron chi connectivity index (χ1n) is 9.71. The molecule has 0 aliphatic carbocycles. The number of pyridine rings is 1. The number of aromatic nitrogens is 1. The molecule has 1 aliphatic heterocycles. The Morgan fingerprint density at radius 2 is 1.72 bits per heavy atom. The molecule has 1 aliphatic rings. The van der Waals surface area contributed by atoms with Crippen molar-refractivity contribution in [3.05, 3.63) is 60.3 Å². The number of amides is 1. The summed E-state index contributed by atoms with van der Waals surface area (Å²) in [6, 6.07) is 15.2. The molecule has 6 heteroatoms. The first-order chi connectivity index (χ1) is 14.2. The van der Waals surface area contributed by atoms with Gasteiger partial charge in [-0.3, -0.25) is 9.78 Å². The van der Waals surface area contributed by atoms with Gasteiger partial charge in [0.25, 0.3) is 5.91 Å². The minimum absolute atomic E-state index is 0.00349. The van der Waals surface area contributed by atoms with E-state index in [4.69, 9.17) is 14.2 Å². The van der Waals surface area contributed by atoms with Gasteiger partial charge in [-0.05, 0) is 30.3 Å². The smallest absolute Gasteiger partial charge is 0.253 e. The fourth-order valence-electron chi connectivity index (χ4n) is 3.68. The van der Waals surface area contributed by atoms with E-state index in [-0.39, 0.29) is 12.0 Å². The highest BCUT2D eigenvalue weighted by Gasteiger charge is 2.25. The number of hydrogen-bond donors (Lipinski definition) is 0. The van der Waals surface area contributed by atoms with Gasteiger partial charge in [-0.15, -0.1) is 0 Å². The van der Waals surface area contributed by atoms with Gasteiger partial charge in [0.05, 0.1) is 14.2 Å². The number of rotatable bonds is 5. The average Bonchev–Trinajstić information content (AvgIpc) is 2.79. The second-order valence-corrected chi connectivity index (χ2v) is 7.01. The van der Waals surface area contributed by atoms with E-state index >= 15 is 0 Å². The fourth-order valence-corrected chi connectivity index (χ4v) is 3.68. The molecule has 3 aromatic rings. The Balaban J connectivity index is 1.41. The molecule has 6 nitrogen and oxygen atoms in total. The Hall–Kier alpha value is -3.28. The molecule has 4 rings (SSSR count). The summed E-state index contributed by atoms with van der Waals surface area (Å²) >= 11 is 0. The van der Waals surface area contributed by atoms with Crippen LogP contribution in [0, 0.1) is 0 Å². The lowest BCUT2D eigenvalue weighted by molar-refractivity contribution is 0.0597. The summed E-state index contributed by atoms with van der Waals surface area (Å²) in [5.74, 6) is 1.96. The van der Waals surface area contributed by atoms with E-state index < -0.39 is 0 Å². The monoisotopic (exact) mass is 392 g/mol. The van der Waals surface area contributed by atoms with Crippen LogP contribution in [0.5, 0.6) is 17.2 Å². The number of hydrogen-bond acceptors (Lipinski definition) is 5. The summed E-state index contributed by atoms with van der Waals surface area (Å²) in [5.41, 5.74) is 1.47. The van der Waals surface area contributed by atoms with E-state index in [9.17, 15) is 4.79 Å². The Morgan fingerprint density at radius 1 is 0.966 bits per heavy atom. The molecule has 0 bridgehead atoms. The van der Waals surface area contributed by atoms with Crippen molar-refractivity contribution in [3.63, 3.8) is 0 Å². The van der Waals surface area contributed by atoms with E-state index in [1.54, 1.807) is 38.6 Å². The zero-order valence-electron chi connectivity index (χ0n) is 16.6. The van der Waals surface area contributed by atoms with E-state index in [1.165, 1.54) is 0 Å². The van der Waals surface area contributed by atoms with Crippen LogP contribution in [0.1, 0.15) is 23.2 Å². The van der Waals surface area contributed by atoms with Crippen molar-refractivity contribution in [2.24, 2.45) is 0 Å². The zero-order valence-corrected chi connectivity index (χ0v) is 16.6. The maximum atomic E-state index is 12.9. The quantitative estimate of drug-likeness (QED) is 0.658. The van der Waals surface area contributed by atoms with Gasteiger partial charge in [0.2, 0.25) is 0 Å². The number of ether oxygens (including phenoxy) is 3. The van der Waals surface area contributed by atoms with E-state index in [0.717, 1.165) is 29.5 Å². The summed E-state index contributed by atoms with van der Waals surface area (Å²) in [7, 11) is 3.15. The third-order valence-corrected chi connectivity index (χ3v) is 5.25. The molecule has 0 spiro atoms. The highest BCUT2D eigenvalue weighted by Crippen LogP contribution is 2.29. The number of piperidine rings is 1. The molecular formula is C23H24N2O4. The summed E-state index contributed by atoms with van der Waals surface area (Å²) in [6.07, 6.45) is 3.40. The molecule has 1 amide bonds. The van der Waals surface area contributed by atoms with E-state index in [0.29, 0.717) is 30.2 Å². The molecule has 0 radical (unpaired) electrons. The first kappa shape index (κ1) is 19.1. The number of nitrogens with zero attached hydrogens (tertiary/aromatic N) is 2. The van der Waals surface area contributed by atoms with Crippen molar-refractivity contribution >= 4 is 16.8 Å². The molecular weight excluding hydrogens is 368 g/mol. The first-order valence-corrected chi connectivity index (χ1v) is 9.71. The number of likely N-dealkylation sites (tertiary alicyclic amines) is 1. The van der Waals surface area contributed by atoms with Crippen LogP contribution in [0.15, 0.2) is 54.7 Å². The SMILES string of the molecule is COc1ccc(C(=O)N2CCC(Oc3cccc4cccnc34)CC2)cc1OC. The Kier molecular flexibility index (Phi) is 5.51. The summed E-state index contributed by atoms with van der Waals surface area (Å²) in [5, 5.41) is 1.06. The Morgan fingerprint density at radius 3 is 2.48 bits per heavy atom. The second kappa shape index (κ2) is 8.39. The third-order valence-electron chi connectivity index (χ3n) is 5.25. The standard InChI is InChI=1S/C23H24N2O4/c1-27-19-9-8-17(15-21(19)28-2)23(26)25-13-10-18(11-14-25)29-20-7-3-5-16-6-4-12-24-22(16)20/h3-9,12,15,18H,10-11,13-14H2,1-2H3. The number of methoxy groups -OCH3 is 2. The van der Waals surface area contributed by atoms with Crippen molar-refractivity contribution in [1.82, 2.24) is 9.88 Å². The number of para-hydroxylation sites is 1. The molecule has 0 saturated carbocycles. The van der Waals surface area contributed by atoms with Crippen molar-refractivity contribution in [3.8, 4) is 17.2 Å². The Labute approximate surface area is 170 Å². The van der Waals surface area contributed by atoms with Crippen LogP contribution in [0.25, 0.3) is 10.9 Å². The minimum atomic E-state index is -0.00349. The molecule has 1 fully saturated rings. The molecule has 0 unspecified atom stereocenters. The lowest BCUT2D eigenvalue weighted by atomic mass is 10.1. The highest BCUT2D eigenvalue weighted by molar-refractivity contribution is 5.95. The van der Waals surface area contributed by atoms with Crippen molar-refractivity contribution in [1.29, 1.82) is 0 Å². The number of carbonyl (C=O) groups excluding carboxylic acids is 1. The van der Waals surface area contributed by atoms with Crippen LogP contribution >= 0.6 is 0 Å². The van der Waals surface area contributed by atoms with E-state index in [2.05, 4.69) is 4.98 Å². The molecule has 0 atom stereocenters. The maximum absolute atomic E-state index is 12.9. The van der Waals surface area contributed by atoms with Crippen molar-refractivity contribution < 1.29 is 19.0 Å². The highest BCUT2D eigenvalue weighted by atomic mass is 16.5. The lowest BCUT2D eigenvalue weighted by Gasteiger charge is -2.32. The molecule has 0 N–H and O–H groups in total. The maximum Gasteiger partial charge on any atom is 0.253 e. The van der Waals surface area contributed by atoms with Gasteiger partial charge in [0.1, 0.15) is 17.4 Å².